The van der Waals surface area contributed by atoms with Gasteiger partial charge in [-0.05, 0) is 38.3 Å². The maximum absolute atomic E-state index is 12.5. The number of ether oxygens (including phenoxy) is 1. The van der Waals surface area contributed by atoms with Crippen molar-refractivity contribution in [2.75, 3.05) is 26.8 Å². The molecule has 24 heavy (non-hydrogen) atoms. The summed E-state index contributed by atoms with van der Waals surface area (Å²) in [5.41, 5.74) is 1.78. The smallest absolute Gasteiger partial charge is 0.248 e. The van der Waals surface area contributed by atoms with E-state index in [4.69, 9.17) is 4.74 Å². The van der Waals surface area contributed by atoms with Crippen molar-refractivity contribution >= 4 is 11.8 Å². The third-order valence-corrected chi connectivity index (χ3v) is 5.26. The van der Waals surface area contributed by atoms with Gasteiger partial charge in [0.1, 0.15) is 6.61 Å². The molecule has 0 N–H and O–H groups in total. The number of amides is 2. The van der Waals surface area contributed by atoms with Crippen molar-refractivity contribution in [2.24, 2.45) is 0 Å². The first kappa shape index (κ1) is 16.9. The monoisotopic (exact) mass is 331 g/mol. The van der Waals surface area contributed by atoms with E-state index in [1.54, 1.807) is 0 Å². The highest BCUT2D eigenvalue weighted by Gasteiger charge is 2.47. The number of likely N-dealkylation sites (tertiary alicyclic amines) is 2. The molecule has 3 rings (SSSR count). The van der Waals surface area contributed by atoms with Crippen molar-refractivity contribution in [3.63, 3.8) is 0 Å². The van der Waals surface area contributed by atoms with Crippen LogP contribution in [0.1, 0.15) is 37.1 Å². The van der Waals surface area contributed by atoms with Crippen LogP contribution in [0.3, 0.4) is 0 Å². The van der Waals surface area contributed by atoms with E-state index >= 15 is 0 Å². The van der Waals surface area contributed by atoms with Crippen LogP contribution < -0.4 is 0 Å². The summed E-state index contributed by atoms with van der Waals surface area (Å²) < 4.78 is 4.94. The summed E-state index contributed by atoms with van der Waals surface area (Å²) in [6, 6.07) is 5.92. The van der Waals surface area contributed by atoms with Crippen LogP contribution in [0.25, 0.3) is 0 Å². The van der Waals surface area contributed by atoms with Gasteiger partial charge in [-0.3, -0.25) is 14.6 Å². The molecule has 0 unspecified atom stereocenters. The summed E-state index contributed by atoms with van der Waals surface area (Å²) in [6.07, 6.45) is 3.14. The first-order valence-corrected chi connectivity index (χ1v) is 8.54. The number of carbonyl (C=O) groups is 2. The molecule has 0 aromatic carbocycles. The van der Waals surface area contributed by atoms with Crippen LogP contribution in [-0.4, -0.2) is 58.9 Å². The number of hydrogen-bond acceptors (Lipinski definition) is 4. The quantitative estimate of drug-likeness (QED) is 0.839. The van der Waals surface area contributed by atoms with Gasteiger partial charge < -0.3 is 14.5 Å². The van der Waals surface area contributed by atoms with Crippen molar-refractivity contribution in [1.29, 1.82) is 0 Å². The summed E-state index contributed by atoms with van der Waals surface area (Å²) in [5, 5.41) is 0. The number of piperidine rings is 1. The Morgan fingerprint density at radius 3 is 2.71 bits per heavy atom. The van der Waals surface area contributed by atoms with Gasteiger partial charge in [0.2, 0.25) is 11.8 Å². The molecule has 0 atom stereocenters. The highest BCUT2D eigenvalue weighted by atomic mass is 16.5. The van der Waals surface area contributed by atoms with E-state index in [2.05, 4.69) is 4.98 Å². The van der Waals surface area contributed by atoms with Crippen LogP contribution in [0.2, 0.25) is 0 Å². The number of pyridine rings is 1. The summed E-state index contributed by atoms with van der Waals surface area (Å²) in [6.45, 7) is 4.03. The molecule has 1 aromatic heterocycles. The van der Waals surface area contributed by atoms with Crippen molar-refractivity contribution in [2.45, 2.75) is 44.7 Å². The Labute approximate surface area is 142 Å². The molecule has 3 heterocycles. The van der Waals surface area contributed by atoms with Crippen LogP contribution in [0.4, 0.5) is 0 Å². The molecule has 1 spiro atoms. The van der Waals surface area contributed by atoms with Crippen LogP contribution in [0.5, 0.6) is 0 Å². The Hall–Kier alpha value is -1.95. The molecule has 0 aliphatic carbocycles. The molecule has 1 aromatic rings. The van der Waals surface area contributed by atoms with Gasteiger partial charge in [-0.1, -0.05) is 6.07 Å². The molecule has 6 nitrogen and oxygen atoms in total. The number of carbonyl (C=O) groups excluding carboxylic acids is 2. The van der Waals surface area contributed by atoms with Crippen LogP contribution in [-0.2, 0) is 20.9 Å². The van der Waals surface area contributed by atoms with Crippen LogP contribution in [0.15, 0.2) is 18.2 Å². The van der Waals surface area contributed by atoms with Crippen molar-refractivity contribution in [3.05, 3.63) is 29.6 Å². The number of methoxy groups -OCH3 is 1. The zero-order valence-electron chi connectivity index (χ0n) is 14.5. The molecule has 2 aliphatic heterocycles. The van der Waals surface area contributed by atoms with Gasteiger partial charge in [0.05, 0.1) is 12.2 Å². The first-order valence-electron chi connectivity index (χ1n) is 8.54. The minimum atomic E-state index is -0.119. The van der Waals surface area contributed by atoms with Gasteiger partial charge in [-0.25, -0.2) is 0 Å². The topological polar surface area (TPSA) is 62.7 Å². The fourth-order valence-electron chi connectivity index (χ4n) is 3.89. The molecule has 0 radical (unpaired) electrons. The Balaban J connectivity index is 1.70. The Morgan fingerprint density at radius 1 is 1.29 bits per heavy atom. The van der Waals surface area contributed by atoms with Crippen molar-refractivity contribution in [3.8, 4) is 0 Å². The van der Waals surface area contributed by atoms with Crippen molar-refractivity contribution < 1.29 is 14.3 Å². The molecular weight excluding hydrogens is 306 g/mol. The average molecular weight is 331 g/mol. The van der Waals surface area contributed by atoms with E-state index in [-0.39, 0.29) is 24.0 Å². The highest BCUT2D eigenvalue weighted by molar-refractivity contribution is 5.80. The van der Waals surface area contributed by atoms with Crippen LogP contribution in [0, 0.1) is 6.92 Å². The fourth-order valence-corrected chi connectivity index (χ4v) is 3.89. The first-order chi connectivity index (χ1) is 11.5. The lowest BCUT2D eigenvalue weighted by molar-refractivity contribution is -0.139. The van der Waals surface area contributed by atoms with Gasteiger partial charge in [0.15, 0.2) is 0 Å². The standard InChI is InChI=1S/C18H25N3O3/c1-14-4-3-5-15(19-14)12-21-16(22)6-7-18(21)8-10-20(11-9-18)17(23)13-24-2/h3-5H,6-13H2,1-2H3. The zero-order chi connectivity index (χ0) is 17.2. The molecule has 0 saturated carbocycles. The van der Waals surface area contributed by atoms with E-state index in [9.17, 15) is 9.59 Å². The lowest BCUT2D eigenvalue weighted by Crippen LogP contribution is -2.54. The predicted octanol–water partition coefficient (Wildman–Crippen LogP) is 1.52. The molecule has 0 bridgehead atoms. The van der Waals surface area contributed by atoms with E-state index in [0.29, 0.717) is 26.1 Å². The molecule has 2 aliphatic rings. The Bertz CT molecular complexity index is 624. The second kappa shape index (κ2) is 6.89. The molecule has 2 amide bonds. The third kappa shape index (κ3) is 3.29. The average Bonchev–Trinajstić information content (AvgIpc) is 2.85. The van der Waals surface area contributed by atoms with Crippen molar-refractivity contribution in [1.82, 2.24) is 14.8 Å². The minimum absolute atomic E-state index is 0.0311. The maximum Gasteiger partial charge on any atom is 0.248 e. The summed E-state index contributed by atoms with van der Waals surface area (Å²) in [5.74, 6) is 0.235. The summed E-state index contributed by atoms with van der Waals surface area (Å²) in [4.78, 5) is 32.8. The predicted molar refractivity (Wildman–Crippen MR) is 89.2 cm³/mol. The van der Waals surface area contributed by atoms with Crippen LogP contribution >= 0.6 is 0 Å². The second-order valence-corrected chi connectivity index (χ2v) is 6.79. The number of nitrogens with zero attached hydrogens (tertiary/aromatic N) is 3. The van der Waals surface area contributed by atoms with E-state index in [1.807, 2.05) is 34.9 Å². The summed E-state index contributed by atoms with van der Waals surface area (Å²) in [7, 11) is 1.54. The molecule has 130 valence electrons. The third-order valence-electron chi connectivity index (χ3n) is 5.26. The summed E-state index contributed by atoms with van der Waals surface area (Å²) >= 11 is 0. The van der Waals surface area contributed by atoms with Gasteiger partial charge in [-0.2, -0.15) is 0 Å². The normalized spacial score (nSPS) is 20.0. The van der Waals surface area contributed by atoms with Gasteiger partial charge in [0.25, 0.3) is 0 Å². The van der Waals surface area contributed by atoms with Gasteiger partial charge in [-0.15, -0.1) is 0 Å². The number of rotatable bonds is 4. The SMILES string of the molecule is COCC(=O)N1CCC2(CCC(=O)N2Cc2cccc(C)n2)CC1. The van der Waals surface area contributed by atoms with E-state index in [1.165, 1.54) is 7.11 Å². The largest absolute Gasteiger partial charge is 0.375 e. The lowest BCUT2D eigenvalue weighted by Gasteiger charge is -2.45. The van der Waals surface area contributed by atoms with Gasteiger partial charge in [0, 0.05) is 37.9 Å². The lowest BCUT2D eigenvalue weighted by atomic mass is 9.84. The van der Waals surface area contributed by atoms with E-state index in [0.717, 1.165) is 30.7 Å². The number of hydrogen-bond donors (Lipinski definition) is 0. The second-order valence-electron chi connectivity index (χ2n) is 6.79. The fraction of sp³-hybridized carbons (Fsp3) is 0.611. The zero-order valence-corrected chi connectivity index (χ0v) is 14.5. The molecule has 2 fully saturated rings. The highest BCUT2D eigenvalue weighted by Crippen LogP contribution is 2.40. The minimum Gasteiger partial charge on any atom is -0.375 e. The van der Waals surface area contributed by atoms with Gasteiger partial charge >= 0.3 is 0 Å². The Kier molecular flexibility index (Phi) is 4.85. The maximum atomic E-state index is 12.5. The number of aromatic nitrogens is 1. The molecular formula is C18H25N3O3. The molecule has 2 saturated heterocycles. The van der Waals surface area contributed by atoms with E-state index < -0.39 is 0 Å². The number of aryl methyl sites for hydroxylation is 1. The Morgan fingerprint density at radius 2 is 2.04 bits per heavy atom. The molecule has 6 heteroatoms.